The molecule has 0 aliphatic heterocycles. The van der Waals surface area contributed by atoms with Gasteiger partial charge < -0.3 is 0 Å². The maximum Gasteiger partial charge on any atom is -0.0137 e. The van der Waals surface area contributed by atoms with E-state index >= 15 is 0 Å². The molecule has 4 unspecified atom stereocenters. The molecule has 0 saturated heterocycles. The fourth-order valence-electron chi connectivity index (χ4n) is 6.17. The summed E-state index contributed by atoms with van der Waals surface area (Å²) in [6.07, 6.45) is 41.7. The second kappa shape index (κ2) is 22.9. The first-order valence-electron chi connectivity index (χ1n) is 16.1. The molecular weight excluding hydrogens is 408 g/mol. The van der Waals surface area contributed by atoms with Gasteiger partial charge in [0.2, 0.25) is 0 Å². The SMILES string of the molecule is CCC/C=C/C1C(CCCCC)C=CC(CCCCCCCCC)C1CCCCCCCCC. The number of rotatable bonds is 23. The number of hydrogen-bond acceptors (Lipinski definition) is 0. The molecule has 0 aromatic rings. The quantitative estimate of drug-likeness (QED) is 0.102. The molecular formula is C34H64. The Labute approximate surface area is 216 Å². The predicted molar refractivity (Wildman–Crippen MR) is 157 cm³/mol. The van der Waals surface area contributed by atoms with Gasteiger partial charge in [-0.2, -0.15) is 0 Å². The molecule has 0 spiro atoms. The molecule has 1 aliphatic carbocycles. The van der Waals surface area contributed by atoms with Gasteiger partial charge in [0.05, 0.1) is 0 Å². The Kier molecular flexibility index (Phi) is 21.2. The fourth-order valence-corrected chi connectivity index (χ4v) is 6.17. The Morgan fingerprint density at radius 3 is 1.50 bits per heavy atom. The number of unbranched alkanes of at least 4 members (excludes halogenated alkanes) is 15. The molecule has 0 heteroatoms. The summed E-state index contributed by atoms with van der Waals surface area (Å²) in [7, 11) is 0. The molecule has 0 radical (unpaired) electrons. The van der Waals surface area contributed by atoms with Gasteiger partial charge in [0, 0.05) is 0 Å². The van der Waals surface area contributed by atoms with Crippen molar-refractivity contribution in [2.24, 2.45) is 23.7 Å². The van der Waals surface area contributed by atoms with Crippen molar-refractivity contribution in [2.75, 3.05) is 0 Å². The van der Waals surface area contributed by atoms with E-state index in [2.05, 4.69) is 52.0 Å². The third-order valence-electron chi connectivity index (χ3n) is 8.38. The lowest BCUT2D eigenvalue weighted by atomic mass is 9.66. The van der Waals surface area contributed by atoms with Gasteiger partial charge in [0.15, 0.2) is 0 Å². The molecule has 1 rings (SSSR count). The lowest BCUT2D eigenvalue weighted by Crippen LogP contribution is -2.30. The van der Waals surface area contributed by atoms with Gasteiger partial charge in [-0.05, 0) is 49.4 Å². The second-order valence-electron chi connectivity index (χ2n) is 11.5. The zero-order valence-corrected chi connectivity index (χ0v) is 24.2. The Hall–Kier alpha value is -0.520. The van der Waals surface area contributed by atoms with Crippen LogP contribution < -0.4 is 0 Å². The van der Waals surface area contributed by atoms with Crippen molar-refractivity contribution < 1.29 is 0 Å². The Balaban J connectivity index is 2.71. The van der Waals surface area contributed by atoms with Crippen LogP contribution in [0.15, 0.2) is 24.3 Å². The van der Waals surface area contributed by atoms with Gasteiger partial charge in [0.1, 0.15) is 0 Å². The van der Waals surface area contributed by atoms with E-state index in [-0.39, 0.29) is 0 Å². The van der Waals surface area contributed by atoms with Crippen LogP contribution in [0, 0.1) is 23.7 Å². The van der Waals surface area contributed by atoms with Gasteiger partial charge in [-0.25, -0.2) is 0 Å². The van der Waals surface area contributed by atoms with Crippen molar-refractivity contribution in [1.82, 2.24) is 0 Å². The molecule has 0 heterocycles. The van der Waals surface area contributed by atoms with Crippen molar-refractivity contribution >= 4 is 0 Å². The fraction of sp³-hybridized carbons (Fsp3) is 0.882. The minimum absolute atomic E-state index is 0.791. The topological polar surface area (TPSA) is 0 Å². The Morgan fingerprint density at radius 2 is 0.912 bits per heavy atom. The average Bonchev–Trinajstić information content (AvgIpc) is 2.85. The zero-order valence-electron chi connectivity index (χ0n) is 24.2. The van der Waals surface area contributed by atoms with Crippen LogP contribution in [0.2, 0.25) is 0 Å². The highest BCUT2D eigenvalue weighted by Gasteiger charge is 2.33. The molecule has 1 aliphatic rings. The number of allylic oxidation sites excluding steroid dienone is 4. The minimum atomic E-state index is 0.791. The van der Waals surface area contributed by atoms with Gasteiger partial charge >= 0.3 is 0 Å². The average molecular weight is 473 g/mol. The molecule has 0 aromatic carbocycles. The predicted octanol–water partition coefficient (Wildman–Crippen LogP) is 12.2. The largest absolute Gasteiger partial charge is 0.0882 e. The number of hydrogen-bond donors (Lipinski definition) is 0. The summed E-state index contributed by atoms with van der Waals surface area (Å²) in [4.78, 5) is 0. The van der Waals surface area contributed by atoms with Gasteiger partial charge in [-0.3, -0.25) is 0 Å². The normalized spacial score (nSPS) is 22.7. The van der Waals surface area contributed by atoms with E-state index in [1.54, 1.807) is 0 Å². The first-order valence-corrected chi connectivity index (χ1v) is 16.1. The van der Waals surface area contributed by atoms with Crippen LogP contribution in [-0.4, -0.2) is 0 Å². The van der Waals surface area contributed by atoms with Crippen LogP contribution in [0.5, 0.6) is 0 Å². The van der Waals surface area contributed by atoms with Gasteiger partial charge in [-0.1, -0.05) is 168 Å². The highest BCUT2D eigenvalue weighted by Crippen LogP contribution is 2.43. The highest BCUT2D eigenvalue weighted by molar-refractivity contribution is 5.10. The molecule has 0 fully saturated rings. The summed E-state index contributed by atoms with van der Waals surface area (Å²) in [6, 6.07) is 0. The Bertz CT molecular complexity index is 472. The second-order valence-corrected chi connectivity index (χ2v) is 11.5. The summed E-state index contributed by atoms with van der Waals surface area (Å²) >= 11 is 0. The molecule has 34 heavy (non-hydrogen) atoms. The maximum atomic E-state index is 2.70. The summed E-state index contributed by atoms with van der Waals surface area (Å²) < 4.78 is 0. The minimum Gasteiger partial charge on any atom is -0.0882 e. The lowest BCUT2D eigenvalue weighted by molar-refractivity contribution is 0.196. The van der Waals surface area contributed by atoms with Crippen LogP contribution in [0.3, 0.4) is 0 Å². The van der Waals surface area contributed by atoms with Gasteiger partial charge in [0.25, 0.3) is 0 Å². The molecule has 0 bridgehead atoms. The molecule has 0 saturated carbocycles. The van der Waals surface area contributed by atoms with Gasteiger partial charge in [-0.15, -0.1) is 0 Å². The molecule has 0 N–H and O–H groups in total. The van der Waals surface area contributed by atoms with Crippen LogP contribution in [0.4, 0.5) is 0 Å². The van der Waals surface area contributed by atoms with E-state index in [4.69, 9.17) is 0 Å². The highest BCUT2D eigenvalue weighted by atomic mass is 14.4. The van der Waals surface area contributed by atoms with Crippen molar-refractivity contribution in [1.29, 1.82) is 0 Å². The molecule has 0 amide bonds. The first-order chi connectivity index (χ1) is 16.8. The monoisotopic (exact) mass is 473 g/mol. The van der Waals surface area contributed by atoms with E-state index in [9.17, 15) is 0 Å². The van der Waals surface area contributed by atoms with Crippen molar-refractivity contribution in [2.45, 2.75) is 169 Å². The molecule has 0 nitrogen and oxygen atoms in total. The molecule has 200 valence electrons. The lowest BCUT2D eigenvalue weighted by Gasteiger charge is -2.39. The molecule has 0 aromatic heterocycles. The standard InChI is InChI=1S/C34H64/c1-5-9-13-15-17-19-23-26-32-30-29-31(25-21-11-7-3)33(27-22-12-8-4)34(32)28-24-20-18-16-14-10-6-2/h22,27,29-34H,5-21,23-26,28H2,1-4H3/b27-22+. The maximum absolute atomic E-state index is 2.70. The zero-order chi connectivity index (χ0) is 24.7. The van der Waals surface area contributed by atoms with E-state index in [0.29, 0.717) is 0 Å². The van der Waals surface area contributed by atoms with E-state index in [1.807, 2.05) is 0 Å². The summed E-state index contributed by atoms with van der Waals surface area (Å²) in [5, 5.41) is 0. The summed E-state index contributed by atoms with van der Waals surface area (Å²) in [5.41, 5.74) is 0. The summed E-state index contributed by atoms with van der Waals surface area (Å²) in [5.74, 6) is 3.30. The van der Waals surface area contributed by atoms with E-state index in [0.717, 1.165) is 23.7 Å². The third kappa shape index (κ3) is 14.8. The van der Waals surface area contributed by atoms with Crippen molar-refractivity contribution in [3.8, 4) is 0 Å². The first kappa shape index (κ1) is 31.5. The van der Waals surface area contributed by atoms with Crippen molar-refractivity contribution in [3.63, 3.8) is 0 Å². The molecule has 4 atom stereocenters. The van der Waals surface area contributed by atoms with Crippen molar-refractivity contribution in [3.05, 3.63) is 24.3 Å². The van der Waals surface area contributed by atoms with Crippen LogP contribution in [-0.2, 0) is 0 Å². The van der Waals surface area contributed by atoms with E-state index < -0.39 is 0 Å². The van der Waals surface area contributed by atoms with Crippen LogP contribution in [0.1, 0.15) is 169 Å². The van der Waals surface area contributed by atoms with E-state index in [1.165, 1.54) is 141 Å². The third-order valence-corrected chi connectivity index (χ3v) is 8.38. The smallest absolute Gasteiger partial charge is 0.0137 e. The Morgan fingerprint density at radius 1 is 0.471 bits per heavy atom. The summed E-state index contributed by atoms with van der Waals surface area (Å²) in [6.45, 7) is 9.31. The van der Waals surface area contributed by atoms with Crippen LogP contribution in [0.25, 0.3) is 0 Å². The van der Waals surface area contributed by atoms with Crippen LogP contribution >= 0.6 is 0 Å².